The summed E-state index contributed by atoms with van der Waals surface area (Å²) in [4.78, 5) is 25.7. The van der Waals surface area contributed by atoms with E-state index in [4.69, 9.17) is 16.3 Å². The monoisotopic (exact) mass is 452 g/mol. The molecule has 0 bridgehead atoms. The molecule has 2 heterocycles. The molecule has 0 radical (unpaired) electrons. The fraction of sp³-hybridized carbons (Fsp3) is 0.292. The molecule has 166 valence electrons. The molecule has 0 aliphatic rings. The summed E-state index contributed by atoms with van der Waals surface area (Å²) in [5.74, 6) is -0.254. The Morgan fingerprint density at radius 1 is 1.12 bits per heavy atom. The smallest absolute Gasteiger partial charge is 0.291 e. The van der Waals surface area contributed by atoms with E-state index in [2.05, 4.69) is 10.4 Å². The largest absolute Gasteiger partial charge is 0.382 e. The van der Waals surface area contributed by atoms with Crippen LogP contribution in [0.4, 0.5) is 0 Å². The highest BCUT2D eigenvalue weighted by atomic mass is 35.5. The Kier molecular flexibility index (Phi) is 6.87. The van der Waals surface area contributed by atoms with Crippen molar-refractivity contribution in [2.75, 3.05) is 19.8 Å². The van der Waals surface area contributed by atoms with E-state index in [0.29, 0.717) is 36.8 Å². The van der Waals surface area contributed by atoms with E-state index in [1.54, 1.807) is 6.20 Å². The molecule has 0 spiro atoms. The van der Waals surface area contributed by atoms with E-state index < -0.39 is 0 Å². The Balaban J connectivity index is 1.66. The molecule has 1 N–H and O–H groups in total. The summed E-state index contributed by atoms with van der Waals surface area (Å²) in [6.07, 6.45) is 2.38. The highest BCUT2D eigenvalue weighted by molar-refractivity contribution is 6.30. The van der Waals surface area contributed by atoms with Gasteiger partial charge in [-0.1, -0.05) is 41.9 Å². The summed E-state index contributed by atoms with van der Waals surface area (Å²) in [7, 11) is 0. The number of hydrogen-bond acceptors (Lipinski definition) is 4. The number of carbonyl (C=O) groups is 1. The minimum Gasteiger partial charge on any atom is -0.382 e. The lowest BCUT2D eigenvalue weighted by Crippen LogP contribution is -2.34. The number of fused-ring (bicyclic) bond motifs is 3. The van der Waals surface area contributed by atoms with Crippen molar-refractivity contribution in [3.63, 3.8) is 0 Å². The van der Waals surface area contributed by atoms with E-state index in [1.165, 1.54) is 4.68 Å². The molecule has 7 nitrogen and oxygen atoms in total. The van der Waals surface area contributed by atoms with Gasteiger partial charge in [0, 0.05) is 47.6 Å². The molecular formula is C24H25ClN4O3. The maximum Gasteiger partial charge on any atom is 0.291 e. The highest BCUT2D eigenvalue weighted by Crippen LogP contribution is 2.27. The van der Waals surface area contributed by atoms with E-state index in [1.807, 2.05) is 60.0 Å². The fourth-order valence-corrected chi connectivity index (χ4v) is 3.91. The zero-order valence-electron chi connectivity index (χ0n) is 17.9. The van der Waals surface area contributed by atoms with Gasteiger partial charge in [0.05, 0.1) is 6.20 Å². The molecule has 4 rings (SSSR count). The van der Waals surface area contributed by atoms with Gasteiger partial charge in [-0.05, 0) is 37.1 Å². The zero-order valence-corrected chi connectivity index (χ0v) is 18.6. The number of benzene rings is 2. The van der Waals surface area contributed by atoms with E-state index in [0.717, 1.165) is 28.3 Å². The van der Waals surface area contributed by atoms with Crippen molar-refractivity contribution in [3.05, 3.63) is 75.7 Å². The van der Waals surface area contributed by atoms with Crippen LogP contribution in [0.2, 0.25) is 5.02 Å². The first kappa shape index (κ1) is 22.0. The molecule has 2 aromatic carbocycles. The number of nitrogens with one attached hydrogen (secondary N) is 1. The topological polar surface area (TPSA) is 78.2 Å². The van der Waals surface area contributed by atoms with E-state index in [-0.39, 0.29) is 18.0 Å². The van der Waals surface area contributed by atoms with Gasteiger partial charge >= 0.3 is 0 Å². The third-order valence-electron chi connectivity index (χ3n) is 5.31. The Hall–Kier alpha value is -3.16. The minimum atomic E-state index is -0.294. The van der Waals surface area contributed by atoms with Crippen molar-refractivity contribution < 1.29 is 9.53 Å². The van der Waals surface area contributed by atoms with Crippen molar-refractivity contribution in [1.29, 1.82) is 0 Å². The zero-order chi connectivity index (χ0) is 22.5. The molecule has 0 fully saturated rings. The van der Waals surface area contributed by atoms with Gasteiger partial charge in [0.1, 0.15) is 12.1 Å². The van der Waals surface area contributed by atoms with Crippen LogP contribution in [0.5, 0.6) is 0 Å². The van der Waals surface area contributed by atoms with Crippen LogP contribution in [-0.4, -0.2) is 40.0 Å². The Morgan fingerprint density at radius 3 is 2.69 bits per heavy atom. The second-order valence-electron chi connectivity index (χ2n) is 7.50. The van der Waals surface area contributed by atoms with Gasteiger partial charge in [0.15, 0.2) is 0 Å². The lowest BCUT2D eigenvalue weighted by molar-refractivity contribution is -0.121. The third-order valence-corrected chi connectivity index (χ3v) is 5.56. The van der Waals surface area contributed by atoms with Gasteiger partial charge in [-0.2, -0.15) is 5.10 Å². The number of aromatic nitrogens is 3. The van der Waals surface area contributed by atoms with Crippen LogP contribution in [0.25, 0.3) is 21.8 Å². The average Bonchev–Trinajstić information content (AvgIpc) is 3.11. The Labute approximate surface area is 190 Å². The molecule has 0 aliphatic carbocycles. The quantitative estimate of drug-likeness (QED) is 0.393. The molecule has 0 aliphatic heterocycles. The van der Waals surface area contributed by atoms with Gasteiger partial charge in [-0.25, -0.2) is 4.68 Å². The van der Waals surface area contributed by atoms with Crippen molar-refractivity contribution in [2.45, 2.75) is 26.4 Å². The molecule has 0 saturated heterocycles. The standard InChI is InChI=1S/C24H25ClN4O3/c1-2-32-13-5-12-26-22(30)16-29-24(31)23-20(14-27-29)19-6-3-4-7-21(19)28(23)15-17-8-10-18(25)11-9-17/h3-4,6-11,14H,2,5,12-13,15-16H2,1H3,(H,26,30). The molecule has 32 heavy (non-hydrogen) atoms. The van der Waals surface area contributed by atoms with Crippen LogP contribution >= 0.6 is 11.6 Å². The van der Waals surface area contributed by atoms with Crippen LogP contribution in [0.3, 0.4) is 0 Å². The Morgan fingerprint density at radius 2 is 1.91 bits per heavy atom. The van der Waals surface area contributed by atoms with Crippen LogP contribution < -0.4 is 10.9 Å². The maximum absolute atomic E-state index is 13.4. The number of rotatable bonds is 9. The van der Waals surface area contributed by atoms with E-state index in [9.17, 15) is 9.59 Å². The second-order valence-corrected chi connectivity index (χ2v) is 7.94. The summed E-state index contributed by atoms with van der Waals surface area (Å²) in [5, 5.41) is 9.47. The minimum absolute atomic E-state index is 0.133. The van der Waals surface area contributed by atoms with Gasteiger partial charge in [-0.15, -0.1) is 0 Å². The first-order valence-corrected chi connectivity index (χ1v) is 11.0. The van der Waals surface area contributed by atoms with Crippen molar-refractivity contribution >= 4 is 39.3 Å². The molecule has 2 aromatic heterocycles. The van der Waals surface area contributed by atoms with Gasteiger partial charge in [0.2, 0.25) is 5.91 Å². The maximum atomic E-state index is 13.4. The number of ether oxygens (including phenoxy) is 1. The van der Waals surface area contributed by atoms with Crippen LogP contribution in [0.1, 0.15) is 18.9 Å². The number of para-hydroxylation sites is 1. The first-order valence-electron chi connectivity index (χ1n) is 10.6. The Bertz CT molecular complexity index is 1290. The lowest BCUT2D eigenvalue weighted by Gasteiger charge is -2.10. The van der Waals surface area contributed by atoms with Crippen LogP contribution in [0, 0.1) is 0 Å². The molecule has 8 heteroatoms. The molecule has 4 aromatic rings. The van der Waals surface area contributed by atoms with Crippen molar-refractivity contribution in [1.82, 2.24) is 19.7 Å². The van der Waals surface area contributed by atoms with Crippen molar-refractivity contribution in [2.24, 2.45) is 0 Å². The average molecular weight is 453 g/mol. The third kappa shape index (κ3) is 4.69. The normalized spacial score (nSPS) is 11.3. The van der Waals surface area contributed by atoms with Gasteiger partial charge in [0.25, 0.3) is 5.56 Å². The van der Waals surface area contributed by atoms with Crippen molar-refractivity contribution in [3.8, 4) is 0 Å². The van der Waals surface area contributed by atoms with Crippen LogP contribution in [-0.2, 0) is 22.6 Å². The molecule has 1 amide bonds. The highest BCUT2D eigenvalue weighted by Gasteiger charge is 2.17. The van der Waals surface area contributed by atoms with E-state index >= 15 is 0 Å². The second kappa shape index (κ2) is 9.97. The number of hydrogen-bond donors (Lipinski definition) is 1. The molecular weight excluding hydrogens is 428 g/mol. The van der Waals surface area contributed by atoms with Gasteiger partial charge in [-0.3, -0.25) is 9.59 Å². The number of amides is 1. The summed E-state index contributed by atoms with van der Waals surface area (Å²) < 4.78 is 8.47. The summed E-state index contributed by atoms with van der Waals surface area (Å²) in [6.45, 7) is 4.03. The van der Waals surface area contributed by atoms with Crippen LogP contribution in [0.15, 0.2) is 59.5 Å². The predicted molar refractivity (Wildman–Crippen MR) is 126 cm³/mol. The summed E-state index contributed by atoms with van der Waals surface area (Å²) >= 11 is 6.03. The lowest BCUT2D eigenvalue weighted by atomic mass is 10.2. The molecule has 0 unspecified atom stereocenters. The number of carbonyl (C=O) groups excluding carboxylic acids is 1. The molecule has 0 saturated carbocycles. The number of halogens is 1. The predicted octanol–water partition coefficient (Wildman–Crippen LogP) is 3.60. The summed E-state index contributed by atoms with van der Waals surface area (Å²) in [5.41, 5.74) is 2.19. The van der Waals surface area contributed by atoms with Gasteiger partial charge < -0.3 is 14.6 Å². The first-order chi connectivity index (χ1) is 15.6. The molecule has 0 atom stereocenters. The number of nitrogens with zero attached hydrogens (tertiary/aromatic N) is 3. The fourth-order valence-electron chi connectivity index (χ4n) is 3.78. The summed E-state index contributed by atoms with van der Waals surface area (Å²) in [6, 6.07) is 15.4. The SMILES string of the molecule is CCOCCCNC(=O)Cn1ncc2c3ccccc3n(Cc3ccc(Cl)cc3)c2c1=O.